The molecular formula is C19H27N3O3. The van der Waals surface area contributed by atoms with Crippen LogP contribution in [0.1, 0.15) is 32.6 Å². The Morgan fingerprint density at radius 2 is 2.04 bits per heavy atom. The second kappa shape index (κ2) is 7.54. The first kappa shape index (κ1) is 17.9. The molecule has 0 aromatic heterocycles. The number of rotatable bonds is 5. The maximum atomic E-state index is 13.0. The van der Waals surface area contributed by atoms with Crippen molar-refractivity contribution in [3.05, 3.63) is 24.3 Å². The highest BCUT2D eigenvalue weighted by Crippen LogP contribution is 2.44. The van der Waals surface area contributed by atoms with Gasteiger partial charge in [-0.2, -0.15) is 0 Å². The van der Waals surface area contributed by atoms with Crippen LogP contribution < -0.4 is 16.0 Å². The van der Waals surface area contributed by atoms with Gasteiger partial charge in [-0.1, -0.05) is 18.9 Å². The summed E-state index contributed by atoms with van der Waals surface area (Å²) in [5, 5.41) is 9.27. The van der Waals surface area contributed by atoms with Crippen LogP contribution in [0, 0.1) is 11.3 Å². The fraction of sp³-hybridized carbons (Fsp3) is 0.579. The van der Waals surface area contributed by atoms with Crippen LogP contribution in [0.25, 0.3) is 0 Å². The van der Waals surface area contributed by atoms with Gasteiger partial charge in [-0.25, -0.2) is 0 Å². The van der Waals surface area contributed by atoms with Crippen LogP contribution in [0.15, 0.2) is 24.3 Å². The molecule has 136 valence electrons. The fourth-order valence-corrected chi connectivity index (χ4v) is 3.97. The number of fused-ring (bicyclic) bond motifs is 1. The molecule has 1 aromatic carbocycles. The lowest BCUT2D eigenvalue weighted by Gasteiger charge is -2.37. The molecule has 0 bridgehead atoms. The van der Waals surface area contributed by atoms with E-state index in [0.29, 0.717) is 17.3 Å². The zero-order valence-electron chi connectivity index (χ0n) is 14.9. The van der Waals surface area contributed by atoms with Gasteiger partial charge in [0.1, 0.15) is 6.10 Å². The lowest BCUT2D eigenvalue weighted by Crippen LogP contribution is -2.44. The summed E-state index contributed by atoms with van der Waals surface area (Å²) in [4.78, 5) is 24.9. The van der Waals surface area contributed by atoms with Gasteiger partial charge in [-0.05, 0) is 50.4 Å². The number of hydrogen-bond donors (Lipinski definition) is 3. The zero-order chi connectivity index (χ0) is 17.9. The van der Waals surface area contributed by atoms with E-state index < -0.39 is 6.10 Å². The average Bonchev–Trinajstić information content (AvgIpc) is 3.06. The lowest BCUT2D eigenvalue weighted by molar-refractivity contribution is -0.128. The number of ether oxygens (including phenoxy) is 1. The van der Waals surface area contributed by atoms with Crippen LogP contribution in [-0.4, -0.2) is 38.1 Å². The number of carbonyl (C=O) groups is 2. The van der Waals surface area contributed by atoms with E-state index in [2.05, 4.69) is 16.0 Å². The summed E-state index contributed by atoms with van der Waals surface area (Å²) in [6.45, 7) is 3.38. The molecule has 25 heavy (non-hydrogen) atoms. The third kappa shape index (κ3) is 3.70. The molecule has 1 aliphatic carbocycles. The topological polar surface area (TPSA) is 79.5 Å². The van der Waals surface area contributed by atoms with Crippen LogP contribution in [0.4, 0.5) is 11.4 Å². The van der Waals surface area contributed by atoms with E-state index in [1.807, 2.05) is 12.1 Å². The monoisotopic (exact) mass is 345 g/mol. The molecule has 2 fully saturated rings. The van der Waals surface area contributed by atoms with Gasteiger partial charge in [0.2, 0.25) is 5.91 Å². The van der Waals surface area contributed by atoms with Crippen molar-refractivity contribution in [2.24, 2.45) is 11.3 Å². The quantitative estimate of drug-likeness (QED) is 0.765. The molecule has 0 radical (unpaired) electrons. The van der Waals surface area contributed by atoms with Gasteiger partial charge in [-0.3, -0.25) is 9.59 Å². The van der Waals surface area contributed by atoms with Gasteiger partial charge < -0.3 is 20.7 Å². The molecule has 1 aliphatic heterocycles. The molecular weight excluding hydrogens is 318 g/mol. The molecule has 6 heteroatoms. The molecule has 2 aliphatic rings. The van der Waals surface area contributed by atoms with Crippen LogP contribution >= 0.6 is 0 Å². The second-order valence-corrected chi connectivity index (χ2v) is 7.13. The van der Waals surface area contributed by atoms with Gasteiger partial charge in [0.05, 0.1) is 5.41 Å². The highest BCUT2D eigenvalue weighted by molar-refractivity contribution is 5.98. The smallest absolute Gasteiger partial charge is 0.253 e. The van der Waals surface area contributed by atoms with Crippen LogP contribution in [0.5, 0.6) is 0 Å². The standard InChI is InChI=1S/C19H27N3O3/c1-13(25-2)17(23)21-15-7-5-8-16(10-15)22-18(24)19-9-4-3-6-14(19)11-20-12-19/h5,7-8,10,13-14,20H,3-4,6,9,11-12H2,1-2H3,(H,21,23)(H,22,24)/t13?,14-,19+/m0/s1. The molecule has 1 saturated heterocycles. The SMILES string of the molecule is COC(C)C(=O)Nc1cccc(NC(=O)[C@@]23CCCC[C@H]2CNC3)c1. The Labute approximate surface area is 148 Å². The second-order valence-electron chi connectivity index (χ2n) is 7.13. The predicted molar refractivity (Wildman–Crippen MR) is 97.4 cm³/mol. The van der Waals surface area contributed by atoms with Crippen molar-refractivity contribution in [2.75, 3.05) is 30.8 Å². The van der Waals surface area contributed by atoms with Crippen LogP contribution in [0.3, 0.4) is 0 Å². The van der Waals surface area contributed by atoms with E-state index in [0.717, 1.165) is 32.4 Å². The van der Waals surface area contributed by atoms with Crippen LogP contribution in [0.2, 0.25) is 0 Å². The summed E-state index contributed by atoms with van der Waals surface area (Å²) in [5.74, 6) is 0.305. The third-order valence-corrected chi connectivity index (χ3v) is 5.60. The van der Waals surface area contributed by atoms with Crippen molar-refractivity contribution in [3.63, 3.8) is 0 Å². The Bertz CT molecular complexity index is 649. The first-order chi connectivity index (χ1) is 12.0. The molecule has 1 heterocycles. The molecule has 1 saturated carbocycles. The molecule has 6 nitrogen and oxygen atoms in total. The van der Waals surface area contributed by atoms with E-state index in [1.165, 1.54) is 13.5 Å². The van der Waals surface area contributed by atoms with Crippen LogP contribution in [-0.2, 0) is 14.3 Å². The maximum Gasteiger partial charge on any atom is 0.253 e. The molecule has 1 aromatic rings. The minimum Gasteiger partial charge on any atom is -0.372 e. The number of methoxy groups -OCH3 is 1. The predicted octanol–water partition coefficient (Wildman–Crippen LogP) is 2.38. The van der Waals surface area contributed by atoms with E-state index >= 15 is 0 Å². The summed E-state index contributed by atoms with van der Waals surface area (Å²) in [7, 11) is 1.50. The minimum atomic E-state index is -0.523. The zero-order valence-corrected chi connectivity index (χ0v) is 14.9. The first-order valence-electron chi connectivity index (χ1n) is 9.01. The van der Waals surface area contributed by atoms with E-state index in [1.54, 1.807) is 19.1 Å². The Morgan fingerprint density at radius 1 is 1.28 bits per heavy atom. The lowest BCUT2D eigenvalue weighted by atomic mass is 9.67. The Balaban J connectivity index is 1.69. The average molecular weight is 345 g/mol. The molecule has 3 rings (SSSR count). The van der Waals surface area contributed by atoms with E-state index in [4.69, 9.17) is 4.74 Å². The molecule has 1 unspecified atom stereocenters. The highest BCUT2D eigenvalue weighted by Gasteiger charge is 2.49. The van der Waals surface area contributed by atoms with Crippen molar-refractivity contribution in [1.29, 1.82) is 0 Å². The Morgan fingerprint density at radius 3 is 2.80 bits per heavy atom. The first-order valence-corrected chi connectivity index (χ1v) is 9.01. The summed E-state index contributed by atoms with van der Waals surface area (Å²) < 4.78 is 5.02. The van der Waals surface area contributed by atoms with E-state index in [9.17, 15) is 9.59 Å². The molecule has 3 atom stereocenters. The van der Waals surface area contributed by atoms with Crippen molar-refractivity contribution in [3.8, 4) is 0 Å². The van der Waals surface area contributed by atoms with E-state index in [-0.39, 0.29) is 17.2 Å². The minimum absolute atomic E-state index is 0.0935. The van der Waals surface area contributed by atoms with Gasteiger partial charge in [0.15, 0.2) is 0 Å². The number of benzene rings is 1. The number of hydrogen-bond acceptors (Lipinski definition) is 4. The van der Waals surface area contributed by atoms with Crippen molar-refractivity contribution < 1.29 is 14.3 Å². The summed E-state index contributed by atoms with van der Waals surface area (Å²) >= 11 is 0. The van der Waals surface area contributed by atoms with Crippen molar-refractivity contribution in [1.82, 2.24) is 5.32 Å². The number of nitrogens with one attached hydrogen (secondary N) is 3. The maximum absolute atomic E-state index is 13.0. The van der Waals surface area contributed by atoms with Gasteiger partial charge in [0, 0.05) is 25.0 Å². The van der Waals surface area contributed by atoms with Gasteiger partial charge in [-0.15, -0.1) is 0 Å². The fourth-order valence-electron chi connectivity index (χ4n) is 3.97. The largest absolute Gasteiger partial charge is 0.372 e. The van der Waals surface area contributed by atoms with Gasteiger partial charge >= 0.3 is 0 Å². The third-order valence-electron chi connectivity index (χ3n) is 5.60. The highest BCUT2D eigenvalue weighted by atomic mass is 16.5. The Hall–Kier alpha value is -1.92. The summed E-state index contributed by atoms with van der Waals surface area (Å²) in [6, 6.07) is 7.26. The van der Waals surface area contributed by atoms with Crippen molar-refractivity contribution in [2.45, 2.75) is 38.7 Å². The Kier molecular flexibility index (Phi) is 5.39. The number of amides is 2. The molecule has 3 N–H and O–H groups in total. The summed E-state index contributed by atoms with van der Waals surface area (Å²) in [6.07, 6.45) is 3.85. The normalized spacial score (nSPS) is 26.6. The molecule has 2 amide bonds. The number of carbonyl (C=O) groups excluding carboxylic acids is 2. The van der Waals surface area contributed by atoms with Crippen molar-refractivity contribution >= 4 is 23.2 Å². The number of anilines is 2. The van der Waals surface area contributed by atoms with Gasteiger partial charge in [0.25, 0.3) is 5.91 Å². The molecule has 0 spiro atoms. The summed E-state index contributed by atoms with van der Waals surface area (Å²) in [5.41, 5.74) is 1.06.